The average Bonchev–Trinajstić information content (AvgIpc) is 2.48. The Morgan fingerprint density at radius 1 is 1.33 bits per heavy atom. The molecule has 3 N–H and O–H groups in total. The smallest absolute Gasteiger partial charge is 0.188 e. The van der Waals surface area contributed by atoms with Crippen molar-refractivity contribution < 1.29 is 9.47 Å². The summed E-state index contributed by atoms with van der Waals surface area (Å²) in [5.41, 5.74) is 8.02. The lowest BCUT2D eigenvalue weighted by Gasteiger charge is -2.11. The molecule has 0 aliphatic heterocycles. The number of aliphatic imine (C=N–C) groups is 1. The predicted molar refractivity (Wildman–Crippen MR) is 86.8 cm³/mol. The van der Waals surface area contributed by atoms with Crippen LogP contribution in [0.1, 0.15) is 30.9 Å². The van der Waals surface area contributed by atoms with Gasteiger partial charge >= 0.3 is 0 Å². The molecule has 0 bridgehead atoms. The minimum absolute atomic E-state index is 0.475. The first kappa shape index (κ1) is 17.3. The van der Waals surface area contributed by atoms with Gasteiger partial charge in [-0.25, -0.2) is 4.99 Å². The molecule has 0 saturated heterocycles. The number of hydrogen-bond donors (Lipinski definition) is 2. The van der Waals surface area contributed by atoms with Crippen LogP contribution >= 0.6 is 0 Å². The third-order valence-corrected chi connectivity index (χ3v) is 2.95. The zero-order valence-corrected chi connectivity index (χ0v) is 13.3. The SMILES string of the molecule is CCCNC(N)=NCc1ccc(C)cc1OCCCOC. The van der Waals surface area contributed by atoms with Crippen molar-refractivity contribution in [3.8, 4) is 5.75 Å². The molecule has 0 fully saturated rings. The Kier molecular flexibility index (Phi) is 8.28. The van der Waals surface area contributed by atoms with Gasteiger partial charge in [0.1, 0.15) is 5.75 Å². The monoisotopic (exact) mass is 293 g/mol. The third-order valence-electron chi connectivity index (χ3n) is 2.95. The summed E-state index contributed by atoms with van der Waals surface area (Å²) in [5.74, 6) is 1.35. The van der Waals surface area contributed by atoms with Gasteiger partial charge < -0.3 is 20.5 Å². The van der Waals surface area contributed by atoms with E-state index in [-0.39, 0.29) is 0 Å². The number of nitrogens with two attached hydrogens (primary N) is 1. The van der Waals surface area contributed by atoms with Crippen molar-refractivity contribution in [1.82, 2.24) is 5.32 Å². The van der Waals surface area contributed by atoms with Gasteiger partial charge in [-0.3, -0.25) is 0 Å². The van der Waals surface area contributed by atoms with Crippen LogP contribution in [0, 0.1) is 6.92 Å². The molecule has 0 spiro atoms. The number of nitrogens with one attached hydrogen (secondary N) is 1. The zero-order chi connectivity index (χ0) is 15.5. The summed E-state index contributed by atoms with van der Waals surface area (Å²) in [6.45, 7) is 6.83. The Balaban J connectivity index is 2.63. The van der Waals surface area contributed by atoms with Gasteiger partial charge in [-0.1, -0.05) is 19.1 Å². The molecule has 21 heavy (non-hydrogen) atoms. The van der Waals surface area contributed by atoms with Crippen LogP contribution in [0.2, 0.25) is 0 Å². The van der Waals surface area contributed by atoms with E-state index in [1.807, 2.05) is 19.1 Å². The summed E-state index contributed by atoms with van der Waals surface area (Å²) in [5, 5.41) is 3.06. The third kappa shape index (κ3) is 6.99. The molecule has 118 valence electrons. The first-order valence-corrected chi connectivity index (χ1v) is 7.42. The van der Waals surface area contributed by atoms with Crippen molar-refractivity contribution in [1.29, 1.82) is 0 Å². The Bertz CT molecular complexity index is 447. The molecule has 5 heteroatoms. The van der Waals surface area contributed by atoms with E-state index in [1.54, 1.807) is 7.11 Å². The largest absolute Gasteiger partial charge is 0.493 e. The Hall–Kier alpha value is -1.75. The lowest BCUT2D eigenvalue weighted by Crippen LogP contribution is -2.32. The van der Waals surface area contributed by atoms with Gasteiger partial charge in [-0.15, -0.1) is 0 Å². The van der Waals surface area contributed by atoms with E-state index < -0.39 is 0 Å². The van der Waals surface area contributed by atoms with Gasteiger partial charge in [0.2, 0.25) is 0 Å². The minimum atomic E-state index is 0.475. The molecule has 5 nitrogen and oxygen atoms in total. The number of aryl methyl sites for hydroxylation is 1. The van der Waals surface area contributed by atoms with Gasteiger partial charge in [-0.2, -0.15) is 0 Å². The van der Waals surface area contributed by atoms with Gasteiger partial charge in [-0.05, 0) is 25.0 Å². The number of guanidine groups is 1. The maximum atomic E-state index is 5.82. The molecule has 0 atom stereocenters. The molecule has 0 heterocycles. The molecular formula is C16H27N3O2. The minimum Gasteiger partial charge on any atom is -0.493 e. The molecule has 0 aliphatic rings. The maximum absolute atomic E-state index is 5.82. The lowest BCUT2D eigenvalue weighted by atomic mass is 10.1. The lowest BCUT2D eigenvalue weighted by molar-refractivity contribution is 0.172. The van der Waals surface area contributed by atoms with E-state index in [0.717, 1.165) is 30.7 Å². The fourth-order valence-electron chi connectivity index (χ4n) is 1.79. The van der Waals surface area contributed by atoms with E-state index in [4.69, 9.17) is 15.2 Å². The van der Waals surface area contributed by atoms with Crippen LogP contribution < -0.4 is 15.8 Å². The molecule has 1 rings (SSSR count). The van der Waals surface area contributed by atoms with E-state index in [1.165, 1.54) is 5.56 Å². The fraction of sp³-hybridized carbons (Fsp3) is 0.562. The zero-order valence-electron chi connectivity index (χ0n) is 13.3. The van der Waals surface area contributed by atoms with Gasteiger partial charge in [0, 0.05) is 32.2 Å². The highest BCUT2D eigenvalue weighted by atomic mass is 16.5. The van der Waals surface area contributed by atoms with Crippen molar-refractivity contribution in [3.63, 3.8) is 0 Å². The van der Waals surface area contributed by atoms with E-state index in [2.05, 4.69) is 23.3 Å². The summed E-state index contributed by atoms with van der Waals surface area (Å²) in [6.07, 6.45) is 1.89. The summed E-state index contributed by atoms with van der Waals surface area (Å²) < 4.78 is 10.8. The van der Waals surface area contributed by atoms with Gasteiger partial charge in [0.15, 0.2) is 5.96 Å². The van der Waals surface area contributed by atoms with Gasteiger partial charge in [0.05, 0.1) is 13.2 Å². The summed E-state index contributed by atoms with van der Waals surface area (Å²) in [7, 11) is 1.69. The number of methoxy groups -OCH3 is 1. The fourth-order valence-corrected chi connectivity index (χ4v) is 1.79. The van der Waals surface area contributed by atoms with Crippen molar-refractivity contribution >= 4 is 5.96 Å². The average molecular weight is 293 g/mol. The highest BCUT2D eigenvalue weighted by Crippen LogP contribution is 2.21. The topological polar surface area (TPSA) is 68.9 Å². The van der Waals surface area contributed by atoms with Crippen LogP contribution in [-0.4, -0.2) is 32.8 Å². The molecule has 0 amide bonds. The van der Waals surface area contributed by atoms with Crippen LogP contribution in [0.3, 0.4) is 0 Å². The second-order valence-electron chi connectivity index (χ2n) is 4.93. The van der Waals surface area contributed by atoms with Crippen molar-refractivity contribution in [3.05, 3.63) is 29.3 Å². The Morgan fingerprint density at radius 2 is 2.14 bits per heavy atom. The van der Waals surface area contributed by atoms with Crippen molar-refractivity contribution in [2.24, 2.45) is 10.7 Å². The highest BCUT2D eigenvalue weighted by Gasteiger charge is 2.04. The molecule has 1 aromatic rings. The molecule has 0 aliphatic carbocycles. The van der Waals surface area contributed by atoms with E-state index >= 15 is 0 Å². The van der Waals surface area contributed by atoms with E-state index in [0.29, 0.717) is 25.7 Å². The number of nitrogens with zero attached hydrogens (tertiary/aromatic N) is 1. The molecule has 0 aromatic heterocycles. The van der Waals surface area contributed by atoms with Crippen LogP contribution in [0.15, 0.2) is 23.2 Å². The summed E-state index contributed by atoms with van der Waals surface area (Å²) in [6, 6.07) is 6.13. The summed E-state index contributed by atoms with van der Waals surface area (Å²) >= 11 is 0. The molecule has 0 radical (unpaired) electrons. The highest BCUT2D eigenvalue weighted by molar-refractivity contribution is 5.77. The van der Waals surface area contributed by atoms with Crippen LogP contribution in [-0.2, 0) is 11.3 Å². The normalized spacial score (nSPS) is 11.5. The number of hydrogen-bond acceptors (Lipinski definition) is 3. The molecule has 0 saturated carbocycles. The quantitative estimate of drug-likeness (QED) is 0.416. The number of rotatable bonds is 9. The molecule has 0 unspecified atom stereocenters. The molecule has 1 aromatic carbocycles. The van der Waals surface area contributed by atoms with Crippen LogP contribution in [0.5, 0.6) is 5.75 Å². The maximum Gasteiger partial charge on any atom is 0.188 e. The number of ether oxygens (including phenoxy) is 2. The van der Waals surface area contributed by atoms with Crippen LogP contribution in [0.4, 0.5) is 0 Å². The summed E-state index contributed by atoms with van der Waals surface area (Å²) in [4.78, 5) is 4.35. The van der Waals surface area contributed by atoms with E-state index in [9.17, 15) is 0 Å². The predicted octanol–water partition coefficient (Wildman–Crippen LogP) is 2.22. The van der Waals surface area contributed by atoms with Crippen molar-refractivity contribution in [2.75, 3.05) is 26.9 Å². The second-order valence-corrected chi connectivity index (χ2v) is 4.93. The second kappa shape index (κ2) is 10.0. The Morgan fingerprint density at radius 3 is 2.86 bits per heavy atom. The Labute approximate surface area is 127 Å². The van der Waals surface area contributed by atoms with Crippen molar-refractivity contribution in [2.45, 2.75) is 33.2 Å². The number of benzene rings is 1. The molecular weight excluding hydrogens is 266 g/mol. The first-order valence-electron chi connectivity index (χ1n) is 7.42. The first-order chi connectivity index (χ1) is 10.2. The standard InChI is InChI=1S/C16H27N3O2/c1-4-8-18-16(17)19-12-14-7-6-13(2)11-15(14)21-10-5-9-20-3/h6-7,11H,4-5,8-10,12H2,1-3H3,(H3,17,18,19). The van der Waals surface area contributed by atoms with Crippen LogP contribution in [0.25, 0.3) is 0 Å². The van der Waals surface area contributed by atoms with Gasteiger partial charge in [0.25, 0.3) is 0 Å².